The molecule has 0 amide bonds. The summed E-state index contributed by atoms with van der Waals surface area (Å²) in [6.45, 7) is 8.78. The Bertz CT molecular complexity index is 751. The van der Waals surface area contributed by atoms with Gasteiger partial charge in [-0.1, -0.05) is 0 Å². The standard InChI is InChI=1S/C19H29N5O2S/c1-14-5-6-18(26-14)17(24-7-9-25-10-8-24)11-21-19(20-3)23(4)12-16-13-27-15(2)22-16/h5-6,13,17H,7-12H2,1-4H3,(H,20,21). The molecule has 0 radical (unpaired) electrons. The third kappa shape index (κ3) is 5.31. The molecule has 3 rings (SSSR count). The number of nitrogens with one attached hydrogen (secondary N) is 1. The lowest BCUT2D eigenvalue weighted by atomic mass is 10.1. The van der Waals surface area contributed by atoms with Crippen LogP contribution in [0.25, 0.3) is 0 Å². The molecule has 0 saturated carbocycles. The minimum atomic E-state index is 0.147. The van der Waals surface area contributed by atoms with Gasteiger partial charge in [-0.15, -0.1) is 11.3 Å². The van der Waals surface area contributed by atoms with Crippen molar-refractivity contribution in [1.29, 1.82) is 0 Å². The molecule has 1 saturated heterocycles. The second kappa shape index (κ2) is 9.34. The Hall–Kier alpha value is -1.90. The fourth-order valence-electron chi connectivity index (χ4n) is 3.30. The number of guanidine groups is 1. The third-order valence-electron chi connectivity index (χ3n) is 4.67. The third-order valence-corrected chi connectivity index (χ3v) is 5.49. The Labute approximate surface area is 165 Å². The molecule has 1 aliphatic rings. The molecule has 1 fully saturated rings. The van der Waals surface area contributed by atoms with Crippen LogP contribution in [0.5, 0.6) is 0 Å². The average Bonchev–Trinajstić information content (AvgIpc) is 3.27. The number of nitrogens with zero attached hydrogens (tertiary/aromatic N) is 4. The summed E-state index contributed by atoms with van der Waals surface area (Å²) in [6.07, 6.45) is 0. The first-order valence-electron chi connectivity index (χ1n) is 9.27. The van der Waals surface area contributed by atoms with Crippen molar-refractivity contribution in [2.75, 3.05) is 46.9 Å². The van der Waals surface area contributed by atoms with Crippen LogP contribution in [0.15, 0.2) is 26.9 Å². The SMILES string of the molecule is CN=C(NCC(c1ccc(C)o1)N1CCOCC1)N(C)Cc1csc(C)n1. The summed E-state index contributed by atoms with van der Waals surface area (Å²) in [5.41, 5.74) is 1.06. The van der Waals surface area contributed by atoms with Crippen molar-refractivity contribution in [3.8, 4) is 0 Å². The highest BCUT2D eigenvalue weighted by Crippen LogP contribution is 2.23. The molecule has 3 heterocycles. The summed E-state index contributed by atoms with van der Waals surface area (Å²) >= 11 is 1.67. The molecular weight excluding hydrogens is 362 g/mol. The summed E-state index contributed by atoms with van der Waals surface area (Å²) in [5, 5.41) is 6.69. The number of hydrogen-bond acceptors (Lipinski definition) is 6. The van der Waals surface area contributed by atoms with Gasteiger partial charge in [-0.3, -0.25) is 9.89 Å². The Morgan fingerprint density at radius 3 is 2.74 bits per heavy atom. The van der Waals surface area contributed by atoms with Gasteiger partial charge >= 0.3 is 0 Å². The van der Waals surface area contributed by atoms with Gasteiger partial charge < -0.3 is 19.4 Å². The van der Waals surface area contributed by atoms with E-state index < -0.39 is 0 Å². The van der Waals surface area contributed by atoms with Crippen LogP contribution in [-0.4, -0.2) is 67.7 Å². The second-order valence-corrected chi connectivity index (χ2v) is 7.82. The zero-order valence-electron chi connectivity index (χ0n) is 16.6. The maximum Gasteiger partial charge on any atom is 0.193 e. The number of hydrogen-bond donors (Lipinski definition) is 1. The van der Waals surface area contributed by atoms with Gasteiger partial charge in [-0.2, -0.15) is 0 Å². The lowest BCUT2D eigenvalue weighted by molar-refractivity contribution is 0.0123. The van der Waals surface area contributed by atoms with Crippen LogP contribution in [0.4, 0.5) is 0 Å². The first kappa shape index (κ1) is 19.9. The van der Waals surface area contributed by atoms with Crippen LogP contribution < -0.4 is 5.32 Å². The number of furan rings is 1. The fraction of sp³-hybridized carbons (Fsp3) is 0.579. The number of aliphatic imine (C=N–C) groups is 1. The van der Waals surface area contributed by atoms with Gasteiger partial charge in [0.05, 0.1) is 36.5 Å². The van der Waals surface area contributed by atoms with Crippen molar-refractivity contribution in [3.05, 3.63) is 39.7 Å². The number of morpholine rings is 1. The van der Waals surface area contributed by atoms with Crippen LogP contribution >= 0.6 is 11.3 Å². The maximum absolute atomic E-state index is 5.94. The molecule has 0 bridgehead atoms. The van der Waals surface area contributed by atoms with E-state index in [2.05, 4.69) is 36.5 Å². The normalized spacial score (nSPS) is 17.1. The van der Waals surface area contributed by atoms with E-state index in [4.69, 9.17) is 9.15 Å². The Morgan fingerprint density at radius 2 is 2.15 bits per heavy atom. The Morgan fingerprint density at radius 1 is 1.37 bits per heavy atom. The van der Waals surface area contributed by atoms with E-state index in [0.717, 1.165) is 67.6 Å². The van der Waals surface area contributed by atoms with Crippen molar-refractivity contribution < 1.29 is 9.15 Å². The van der Waals surface area contributed by atoms with E-state index in [-0.39, 0.29) is 6.04 Å². The first-order valence-corrected chi connectivity index (χ1v) is 10.2. The number of aromatic nitrogens is 1. The molecule has 1 unspecified atom stereocenters. The highest BCUT2D eigenvalue weighted by molar-refractivity contribution is 7.09. The van der Waals surface area contributed by atoms with Gasteiger partial charge in [-0.25, -0.2) is 4.98 Å². The highest BCUT2D eigenvalue weighted by Gasteiger charge is 2.25. The van der Waals surface area contributed by atoms with E-state index in [0.29, 0.717) is 0 Å². The topological polar surface area (TPSA) is 66.1 Å². The molecule has 7 nitrogen and oxygen atoms in total. The molecule has 0 aromatic carbocycles. The molecule has 1 atom stereocenters. The van der Waals surface area contributed by atoms with E-state index in [1.54, 1.807) is 11.3 Å². The molecular formula is C19H29N5O2S. The molecule has 2 aromatic heterocycles. The van der Waals surface area contributed by atoms with E-state index in [9.17, 15) is 0 Å². The molecule has 1 N–H and O–H groups in total. The summed E-state index contributed by atoms with van der Waals surface area (Å²) in [6, 6.07) is 4.24. The summed E-state index contributed by atoms with van der Waals surface area (Å²) in [4.78, 5) is 13.5. The predicted molar refractivity (Wildman–Crippen MR) is 108 cm³/mol. The summed E-state index contributed by atoms with van der Waals surface area (Å²) < 4.78 is 11.5. The largest absolute Gasteiger partial charge is 0.465 e. The van der Waals surface area contributed by atoms with E-state index >= 15 is 0 Å². The number of rotatable bonds is 6. The quantitative estimate of drug-likeness (QED) is 0.603. The van der Waals surface area contributed by atoms with Gasteiger partial charge in [0.1, 0.15) is 11.5 Å². The first-order chi connectivity index (χ1) is 13.1. The van der Waals surface area contributed by atoms with E-state index in [1.165, 1.54) is 0 Å². The highest BCUT2D eigenvalue weighted by atomic mass is 32.1. The van der Waals surface area contributed by atoms with Gasteiger partial charge in [0.2, 0.25) is 0 Å². The smallest absolute Gasteiger partial charge is 0.193 e. The molecule has 8 heteroatoms. The second-order valence-electron chi connectivity index (χ2n) is 6.75. The van der Waals surface area contributed by atoms with Crippen molar-refractivity contribution in [2.24, 2.45) is 4.99 Å². The van der Waals surface area contributed by atoms with Crippen molar-refractivity contribution in [1.82, 2.24) is 20.1 Å². The van der Waals surface area contributed by atoms with Gasteiger partial charge in [0.15, 0.2) is 5.96 Å². The lowest BCUT2D eigenvalue weighted by Crippen LogP contribution is -2.46. The Kier molecular flexibility index (Phi) is 6.87. The monoisotopic (exact) mass is 391 g/mol. The molecule has 27 heavy (non-hydrogen) atoms. The fourth-order valence-corrected chi connectivity index (χ4v) is 3.91. The van der Waals surface area contributed by atoms with Crippen LogP contribution in [0, 0.1) is 13.8 Å². The summed E-state index contributed by atoms with van der Waals surface area (Å²) in [5.74, 6) is 2.76. The number of aryl methyl sites for hydroxylation is 2. The minimum absolute atomic E-state index is 0.147. The van der Waals surface area contributed by atoms with E-state index in [1.807, 2.05) is 34.0 Å². The molecule has 1 aliphatic heterocycles. The van der Waals surface area contributed by atoms with Crippen LogP contribution in [-0.2, 0) is 11.3 Å². The molecule has 0 spiro atoms. The van der Waals surface area contributed by atoms with Crippen molar-refractivity contribution >= 4 is 17.3 Å². The van der Waals surface area contributed by atoms with Crippen molar-refractivity contribution in [2.45, 2.75) is 26.4 Å². The van der Waals surface area contributed by atoms with Gasteiger partial charge in [-0.05, 0) is 26.0 Å². The average molecular weight is 392 g/mol. The van der Waals surface area contributed by atoms with Gasteiger partial charge in [0, 0.05) is 39.1 Å². The molecule has 2 aromatic rings. The van der Waals surface area contributed by atoms with Crippen LogP contribution in [0.1, 0.15) is 28.3 Å². The zero-order chi connectivity index (χ0) is 19.2. The summed E-state index contributed by atoms with van der Waals surface area (Å²) in [7, 11) is 3.84. The maximum atomic E-state index is 5.94. The zero-order valence-corrected chi connectivity index (χ0v) is 17.4. The lowest BCUT2D eigenvalue weighted by Gasteiger charge is -2.34. The van der Waals surface area contributed by atoms with Crippen molar-refractivity contribution in [3.63, 3.8) is 0 Å². The number of ether oxygens (including phenoxy) is 1. The molecule has 148 valence electrons. The minimum Gasteiger partial charge on any atom is -0.465 e. The number of thiazole rings is 1. The van der Waals surface area contributed by atoms with Gasteiger partial charge in [0.25, 0.3) is 0 Å². The Balaban J connectivity index is 1.65. The predicted octanol–water partition coefficient (Wildman–Crippen LogP) is 2.43. The van der Waals surface area contributed by atoms with Crippen LogP contribution in [0.2, 0.25) is 0 Å². The molecule has 0 aliphatic carbocycles. The van der Waals surface area contributed by atoms with Crippen LogP contribution in [0.3, 0.4) is 0 Å².